The molecule has 1 atom stereocenters. The molecule has 0 saturated heterocycles. The van der Waals surface area contributed by atoms with Crippen LogP contribution >= 0.6 is 0 Å². The standard InChI is InChI=1S/C12H15F3N2O2/c1-2-16-11(19)17-7-10(18)8-3-5-9(6-4-8)12(13,14)15/h3-6,10,18H,2,7H2,1H3,(H2,16,17,19). The average molecular weight is 276 g/mol. The molecule has 0 aliphatic carbocycles. The monoisotopic (exact) mass is 276 g/mol. The predicted octanol–water partition coefficient (Wildman–Crippen LogP) is 2.06. The fourth-order valence-corrected chi connectivity index (χ4v) is 1.42. The zero-order chi connectivity index (χ0) is 14.5. The van der Waals surface area contributed by atoms with Gasteiger partial charge in [0.1, 0.15) is 0 Å². The summed E-state index contributed by atoms with van der Waals surface area (Å²) in [6.45, 7) is 2.12. The third-order valence-corrected chi connectivity index (χ3v) is 2.42. The second-order valence-corrected chi connectivity index (χ2v) is 3.88. The molecule has 0 aliphatic rings. The Morgan fingerprint density at radius 3 is 2.32 bits per heavy atom. The smallest absolute Gasteiger partial charge is 0.387 e. The van der Waals surface area contributed by atoms with Crippen LogP contribution in [0.2, 0.25) is 0 Å². The van der Waals surface area contributed by atoms with E-state index in [0.29, 0.717) is 12.1 Å². The van der Waals surface area contributed by atoms with Crippen LogP contribution in [0.1, 0.15) is 24.2 Å². The summed E-state index contributed by atoms with van der Waals surface area (Å²) in [6, 6.07) is 3.73. The highest BCUT2D eigenvalue weighted by Gasteiger charge is 2.30. The van der Waals surface area contributed by atoms with Gasteiger partial charge in [-0.1, -0.05) is 12.1 Å². The predicted molar refractivity (Wildman–Crippen MR) is 63.5 cm³/mol. The first-order valence-corrected chi connectivity index (χ1v) is 5.71. The van der Waals surface area contributed by atoms with Crippen LogP contribution in [0.15, 0.2) is 24.3 Å². The van der Waals surface area contributed by atoms with E-state index < -0.39 is 23.9 Å². The Morgan fingerprint density at radius 1 is 1.26 bits per heavy atom. The minimum Gasteiger partial charge on any atom is -0.387 e. The maximum Gasteiger partial charge on any atom is 0.416 e. The zero-order valence-corrected chi connectivity index (χ0v) is 10.3. The summed E-state index contributed by atoms with van der Waals surface area (Å²) in [5.74, 6) is 0. The van der Waals surface area contributed by atoms with Crippen LogP contribution in [-0.2, 0) is 6.18 Å². The molecular weight excluding hydrogens is 261 g/mol. The first kappa shape index (κ1) is 15.3. The minimum absolute atomic E-state index is 0.0722. The molecule has 0 bridgehead atoms. The normalized spacial score (nSPS) is 12.9. The number of amides is 2. The van der Waals surface area contributed by atoms with E-state index in [-0.39, 0.29) is 6.54 Å². The van der Waals surface area contributed by atoms with E-state index in [1.807, 2.05) is 0 Å². The van der Waals surface area contributed by atoms with Crippen molar-refractivity contribution in [3.05, 3.63) is 35.4 Å². The van der Waals surface area contributed by atoms with Crippen LogP contribution in [-0.4, -0.2) is 24.2 Å². The van der Waals surface area contributed by atoms with Crippen LogP contribution in [0.4, 0.5) is 18.0 Å². The Morgan fingerprint density at radius 2 is 1.84 bits per heavy atom. The average Bonchev–Trinajstić information content (AvgIpc) is 2.35. The minimum atomic E-state index is -4.40. The van der Waals surface area contributed by atoms with Crippen LogP contribution in [0.5, 0.6) is 0 Å². The Labute approximate surface area is 108 Å². The van der Waals surface area contributed by atoms with Gasteiger partial charge in [-0.2, -0.15) is 13.2 Å². The van der Waals surface area contributed by atoms with Crippen molar-refractivity contribution in [1.82, 2.24) is 10.6 Å². The highest BCUT2D eigenvalue weighted by molar-refractivity contribution is 5.73. The third-order valence-electron chi connectivity index (χ3n) is 2.42. The number of hydrogen-bond donors (Lipinski definition) is 3. The van der Waals surface area contributed by atoms with E-state index in [4.69, 9.17) is 0 Å². The molecule has 0 aliphatic heterocycles. The molecule has 0 heterocycles. The van der Waals surface area contributed by atoms with Crippen LogP contribution in [0.25, 0.3) is 0 Å². The van der Waals surface area contributed by atoms with Crippen molar-refractivity contribution >= 4 is 6.03 Å². The molecule has 3 N–H and O–H groups in total. The summed E-state index contributed by atoms with van der Waals surface area (Å²) in [4.78, 5) is 11.1. The lowest BCUT2D eigenvalue weighted by Crippen LogP contribution is -2.37. The van der Waals surface area contributed by atoms with Gasteiger partial charge in [0.25, 0.3) is 0 Å². The molecule has 1 aromatic rings. The van der Waals surface area contributed by atoms with Gasteiger partial charge < -0.3 is 15.7 Å². The van der Waals surface area contributed by atoms with Crippen molar-refractivity contribution in [1.29, 1.82) is 0 Å². The van der Waals surface area contributed by atoms with Crippen molar-refractivity contribution in [2.75, 3.05) is 13.1 Å². The number of benzene rings is 1. The van der Waals surface area contributed by atoms with Crippen LogP contribution in [0, 0.1) is 0 Å². The summed E-state index contributed by atoms with van der Waals surface area (Å²) < 4.78 is 37.0. The lowest BCUT2D eigenvalue weighted by Gasteiger charge is -2.13. The highest BCUT2D eigenvalue weighted by Crippen LogP contribution is 2.29. The second kappa shape index (κ2) is 6.42. The molecule has 106 valence electrons. The number of alkyl halides is 3. The zero-order valence-electron chi connectivity index (χ0n) is 10.3. The van der Waals surface area contributed by atoms with E-state index in [1.54, 1.807) is 6.92 Å². The number of aliphatic hydroxyl groups is 1. The SMILES string of the molecule is CCNC(=O)NCC(O)c1ccc(C(F)(F)F)cc1. The molecule has 1 unspecified atom stereocenters. The van der Waals surface area contributed by atoms with Crippen molar-refractivity contribution in [3.8, 4) is 0 Å². The Hall–Kier alpha value is -1.76. The van der Waals surface area contributed by atoms with Crippen LogP contribution < -0.4 is 10.6 Å². The number of hydrogen-bond acceptors (Lipinski definition) is 2. The first-order chi connectivity index (χ1) is 8.84. The fraction of sp³-hybridized carbons (Fsp3) is 0.417. The number of halogens is 3. The molecule has 0 fully saturated rings. The third kappa shape index (κ3) is 4.78. The number of aliphatic hydroxyl groups excluding tert-OH is 1. The number of urea groups is 1. The molecule has 1 rings (SSSR count). The molecule has 1 aromatic carbocycles. The quantitative estimate of drug-likeness (QED) is 0.788. The molecule has 0 radical (unpaired) electrons. The Balaban J connectivity index is 2.58. The lowest BCUT2D eigenvalue weighted by atomic mass is 10.1. The topological polar surface area (TPSA) is 61.4 Å². The molecule has 0 aromatic heterocycles. The van der Waals surface area contributed by atoms with E-state index in [2.05, 4.69) is 10.6 Å². The fourth-order valence-electron chi connectivity index (χ4n) is 1.42. The maximum atomic E-state index is 12.3. The van der Waals surface area contributed by atoms with Crippen molar-refractivity contribution in [3.63, 3.8) is 0 Å². The second-order valence-electron chi connectivity index (χ2n) is 3.88. The summed E-state index contributed by atoms with van der Waals surface area (Å²) in [5.41, 5.74) is -0.468. The lowest BCUT2D eigenvalue weighted by molar-refractivity contribution is -0.137. The van der Waals surface area contributed by atoms with Gasteiger partial charge >= 0.3 is 12.2 Å². The van der Waals surface area contributed by atoms with Gasteiger partial charge in [-0.15, -0.1) is 0 Å². The van der Waals surface area contributed by atoms with Gasteiger partial charge in [-0.3, -0.25) is 0 Å². The van der Waals surface area contributed by atoms with Gasteiger partial charge in [0, 0.05) is 13.1 Å². The maximum absolute atomic E-state index is 12.3. The molecule has 0 saturated carbocycles. The van der Waals surface area contributed by atoms with Crippen molar-refractivity contribution in [2.45, 2.75) is 19.2 Å². The molecule has 19 heavy (non-hydrogen) atoms. The van der Waals surface area contributed by atoms with Gasteiger partial charge in [-0.25, -0.2) is 4.79 Å². The first-order valence-electron chi connectivity index (χ1n) is 5.71. The van der Waals surface area contributed by atoms with E-state index in [0.717, 1.165) is 12.1 Å². The number of carbonyl (C=O) groups excluding carboxylic acids is 1. The molecule has 0 spiro atoms. The largest absolute Gasteiger partial charge is 0.416 e. The molecular formula is C12H15F3N2O2. The summed E-state index contributed by atoms with van der Waals surface area (Å²) in [5, 5.41) is 14.6. The number of carbonyl (C=O) groups is 1. The Kier molecular flexibility index (Phi) is 5.17. The highest BCUT2D eigenvalue weighted by atomic mass is 19.4. The van der Waals surface area contributed by atoms with E-state index in [9.17, 15) is 23.1 Å². The molecule has 4 nitrogen and oxygen atoms in total. The van der Waals surface area contributed by atoms with E-state index >= 15 is 0 Å². The van der Waals surface area contributed by atoms with Gasteiger partial charge in [0.05, 0.1) is 11.7 Å². The molecule has 7 heteroatoms. The van der Waals surface area contributed by atoms with Gasteiger partial charge in [0.15, 0.2) is 0 Å². The van der Waals surface area contributed by atoms with Crippen molar-refractivity contribution < 1.29 is 23.1 Å². The summed E-state index contributed by atoms with van der Waals surface area (Å²) in [7, 11) is 0. The van der Waals surface area contributed by atoms with Gasteiger partial charge in [0.2, 0.25) is 0 Å². The van der Waals surface area contributed by atoms with Crippen LogP contribution in [0.3, 0.4) is 0 Å². The van der Waals surface area contributed by atoms with Gasteiger partial charge in [-0.05, 0) is 24.6 Å². The summed E-state index contributed by atoms with van der Waals surface area (Å²) >= 11 is 0. The molecule has 2 amide bonds. The number of nitrogens with one attached hydrogen (secondary N) is 2. The van der Waals surface area contributed by atoms with E-state index in [1.165, 1.54) is 12.1 Å². The summed E-state index contributed by atoms with van der Waals surface area (Å²) in [6.07, 6.45) is -5.45. The Bertz CT molecular complexity index is 418. The van der Waals surface area contributed by atoms with Crippen molar-refractivity contribution in [2.24, 2.45) is 0 Å². The number of rotatable bonds is 4.